The van der Waals surface area contributed by atoms with Crippen molar-refractivity contribution >= 4 is 6.09 Å². The van der Waals surface area contributed by atoms with Gasteiger partial charge < -0.3 is 15.0 Å². The van der Waals surface area contributed by atoms with Crippen molar-refractivity contribution in [2.24, 2.45) is 13.0 Å². The number of rotatable bonds is 5. The molecule has 0 aromatic carbocycles. The Labute approximate surface area is 132 Å². The van der Waals surface area contributed by atoms with E-state index in [1.54, 1.807) is 0 Å². The molecule has 124 valence electrons. The fraction of sp³-hybridized carbons (Fsp3) is 0.750. The number of ether oxygens (including phenoxy) is 1. The van der Waals surface area contributed by atoms with Gasteiger partial charge in [-0.15, -0.1) is 0 Å². The minimum Gasteiger partial charge on any atom is -0.449 e. The fourth-order valence-electron chi connectivity index (χ4n) is 2.67. The first-order valence-electron chi connectivity index (χ1n) is 8.12. The van der Waals surface area contributed by atoms with Crippen molar-refractivity contribution in [1.82, 2.24) is 20.0 Å². The summed E-state index contributed by atoms with van der Waals surface area (Å²) < 4.78 is 7.11. The lowest BCUT2D eigenvalue weighted by molar-refractivity contribution is 0.0812. The standard InChI is InChI=1S/C16H28N4O2/c1-12(2)11-22-16(21)20-7-5-15(6-8-20)18-13(3)14-9-17-19(4)10-14/h9-10,12-13,15,18H,5-8,11H2,1-4H3/t13-/m1/s1. The van der Waals surface area contributed by atoms with Crippen LogP contribution >= 0.6 is 0 Å². The first kappa shape index (κ1) is 16.8. The lowest BCUT2D eigenvalue weighted by Gasteiger charge is -2.33. The molecule has 0 bridgehead atoms. The van der Waals surface area contributed by atoms with Crippen molar-refractivity contribution in [2.45, 2.75) is 45.7 Å². The van der Waals surface area contributed by atoms with E-state index in [4.69, 9.17) is 4.74 Å². The molecular formula is C16H28N4O2. The lowest BCUT2D eigenvalue weighted by Crippen LogP contribution is -2.45. The highest BCUT2D eigenvalue weighted by Crippen LogP contribution is 2.17. The van der Waals surface area contributed by atoms with Crippen LogP contribution in [-0.2, 0) is 11.8 Å². The van der Waals surface area contributed by atoms with E-state index in [0.717, 1.165) is 25.9 Å². The highest BCUT2D eigenvalue weighted by atomic mass is 16.6. The van der Waals surface area contributed by atoms with Gasteiger partial charge in [0.25, 0.3) is 0 Å². The van der Waals surface area contributed by atoms with Gasteiger partial charge in [0.05, 0.1) is 12.8 Å². The van der Waals surface area contributed by atoms with E-state index in [0.29, 0.717) is 18.6 Å². The number of carbonyl (C=O) groups excluding carboxylic acids is 1. The number of carbonyl (C=O) groups is 1. The van der Waals surface area contributed by atoms with Gasteiger partial charge in [-0.25, -0.2) is 4.79 Å². The third kappa shape index (κ3) is 4.73. The second-order valence-corrected chi connectivity index (χ2v) is 6.57. The summed E-state index contributed by atoms with van der Waals surface area (Å²) in [5, 5.41) is 7.83. The molecule has 1 aliphatic heterocycles. The van der Waals surface area contributed by atoms with Gasteiger partial charge in [0.15, 0.2) is 0 Å². The molecule has 6 heteroatoms. The first-order valence-corrected chi connectivity index (χ1v) is 8.12. The van der Waals surface area contributed by atoms with Crippen LogP contribution < -0.4 is 5.32 Å². The van der Waals surface area contributed by atoms with Crippen molar-refractivity contribution in [3.63, 3.8) is 0 Å². The summed E-state index contributed by atoms with van der Waals surface area (Å²) in [7, 11) is 1.93. The van der Waals surface area contributed by atoms with Gasteiger partial charge in [0.1, 0.15) is 0 Å². The van der Waals surface area contributed by atoms with Gasteiger partial charge >= 0.3 is 6.09 Å². The Morgan fingerprint density at radius 3 is 2.64 bits per heavy atom. The van der Waals surface area contributed by atoms with Gasteiger partial charge in [0, 0.05) is 44.0 Å². The molecule has 1 aliphatic rings. The number of aromatic nitrogens is 2. The Kier molecular flexibility index (Phi) is 5.83. The van der Waals surface area contributed by atoms with Crippen LogP contribution in [0.4, 0.5) is 4.79 Å². The number of nitrogens with zero attached hydrogens (tertiary/aromatic N) is 3. The molecule has 1 atom stereocenters. The number of hydrogen-bond acceptors (Lipinski definition) is 4. The molecule has 0 aliphatic carbocycles. The zero-order valence-corrected chi connectivity index (χ0v) is 14.1. The normalized spacial score (nSPS) is 17.8. The first-order chi connectivity index (χ1) is 10.5. The topological polar surface area (TPSA) is 59.4 Å². The molecule has 1 N–H and O–H groups in total. The van der Waals surface area contributed by atoms with E-state index in [1.807, 2.05) is 42.9 Å². The molecule has 1 aromatic rings. The van der Waals surface area contributed by atoms with Gasteiger partial charge in [0.2, 0.25) is 0 Å². The zero-order valence-electron chi connectivity index (χ0n) is 14.1. The number of nitrogens with one attached hydrogen (secondary N) is 1. The van der Waals surface area contributed by atoms with Crippen LogP contribution in [0.3, 0.4) is 0 Å². The van der Waals surface area contributed by atoms with E-state index in [1.165, 1.54) is 5.56 Å². The Bertz CT molecular complexity index is 478. The van der Waals surface area contributed by atoms with Gasteiger partial charge in [-0.3, -0.25) is 4.68 Å². The Morgan fingerprint density at radius 2 is 2.09 bits per heavy atom. The van der Waals surface area contributed by atoms with Crippen LogP contribution in [0.25, 0.3) is 0 Å². The van der Waals surface area contributed by atoms with Crippen LogP contribution in [0.5, 0.6) is 0 Å². The molecule has 1 fully saturated rings. The van der Waals surface area contributed by atoms with Crippen molar-refractivity contribution in [3.05, 3.63) is 18.0 Å². The summed E-state index contributed by atoms with van der Waals surface area (Å²) in [6.45, 7) is 8.25. The summed E-state index contributed by atoms with van der Waals surface area (Å²) in [5.41, 5.74) is 1.20. The van der Waals surface area contributed by atoms with Crippen LogP contribution in [0.1, 0.15) is 45.2 Å². The van der Waals surface area contributed by atoms with Gasteiger partial charge in [-0.1, -0.05) is 13.8 Å². The SMILES string of the molecule is CC(C)COC(=O)N1CCC(N[C@H](C)c2cnn(C)c2)CC1. The van der Waals surface area contributed by atoms with Crippen molar-refractivity contribution in [3.8, 4) is 0 Å². The van der Waals surface area contributed by atoms with E-state index in [9.17, 15) is 4.79 Å². The Hall–Kier alpha value is -1.56. The summed E-state index contributed by atoms with van der Waals surface area (Å²) >= 11 is 0. The second kappa shape index (κ2) is 7.63. The zero-order chi connectivity index (χ0) is 16.1. The second-order valence-electron chi connectivity index (χ2n) is 6.57. The molecule has 0 spiro atoms. The van der Waals surface area contributed by atoms with Crippen molar-refractivity contribution in [2.75, 3.05) is 19.7 Å². The minimum absolute atomic E-state index is 0.174. The van der Waals surface area contributed by atoms with Gasteiger partial charge in [-0.2, -0.15) is 5.10 Å². The minimum atomic E-state index is -0.174. The van der Waals surface area contributed by atoms with Crippen molar-refractivity contribution in [1.29, 1.82) is 0 Å². The maximum absolute atomic E-state index is 11.9. The van der Waals surface area contributed by atoms with Crippen molar-refractivity contribution < 1.29 is 9.53 Å². The number of piperidine rings is 1. The molecule has 2 heterocycles. The fourth-order valence-corrected chi connectivity index (χ4v) is 2.67. The summed E-state index contributed by atoms with van der Waals surface area (Å²) in [4.78, 5) is 13.7. The summed E-state index contributed by atoms with van der Waals surface area (Å²) in [5.74, 6) is 0.378. The predicted octanol–water partition coefficient (Wildman–Crippen LogP) is 2.33. The Balaban J connectivity index is 1.74. The maximum atomic E-state index is 11.9. The number of aryl methyl sites for hydroxylation is 1. The van der Waals surface area contributed by atoms with E-state index >= 15 is 0 Å². The molecule has 6 nitrogen and oxygen atoms in total. The third-order valence-electron chi connectivity index (χ3n) is 4.00. The maximum Gasteiger partial charge on any atom is 0.409 e. The lowest BCUT2D eigenvalue weighted by atomic mass is 10.0. The van der Waals surface area contributed by atoms with Crippen LogP contribution in [0, 0.1) is 5.92 Å². The average Bonchev–Trinajstić information content (AvgIpc) is 2.92. The molecule has 0 unspecified atom stereocenters. The largest absolute Gasteiger partial charge is 0.449 e. The van der Waals surface area contributed by atoms with Crippen LogP contribution in [-0.4, -0.2) is 46.5 Å². The summed E-state index contributed by atoms with van der Waals surface area (Å²) in [6, 6.07) is 0.711. The molecule has 2 rings (SSSR count). The molecule has 1 aromatic heterocycles. The highest BCUT2D eigenvalue weighted by molar-refractivity contribution is 5.67. The molecule has 0 saturated carbocycles. The highest BCUT2D eigenvalue weighted by Gasteiger charge is 2.25. The van der Waals surface area contributed by atoms with Gasteiger partial charge in [-0.05, 0) is 25.7 Å². The van der Waals surface area contributed by atoms with Crippen LogP contribution in [0.15, 0.2) is 12.4 Å². The molecule has 22 heavy (non-hydrogen) atoms. The van der Waals surface area contributed by atoms with Crippen LogP contribution in [0.2, 0.25) is 0 Å². The monoisotopic (exact) mass is 308 g/mol. The predicted molar refractivity (Wildman–Crippen MR) is 85.5 cm³/mol. The average molecular weight is 308 g/mol. The third-order valence-corrected chi connectivity index (χ3v) is 4.00. The molecule has 1 amide bonds. The Morgan fingerprint density at radius 1 is 1.41 bits per heavy atom. The molecule has 1 saturated heterocycles. The number of amides is 1. The quantitative estimate of drug-likeness (QED) is 0.907. The number of hydrogen-bond donors (Lipinski definition) is 1. The summed E-state index contributed by atoms with van der Waals surface area (Å²) in [6.07, 6.45) is 5.68. The molecular weight excluding hydrogens is 280 g/mol. The van der Waals surface area contributed by atoms with E-state index in [2.05, 4.69) is 17.3 Å². The van der Waals surface area contributed by atoms with E-state index in [-0.39, 0.29) is 12.1 Å². The number of likely N-dealkylation sites (tertiary alicyclic amines) is 1. The molecule has 0 radical (unpaired) electrons. The smallest absolute Gasteiger partial charge is 0.409 e. The van der Waals surface area contributed by atoms with E-state index < -0.39 is 0 Å².